The van der Waals surface area contributed by atoms with Crippen LogP contribution < -0.4 is 9.62 Å². The van der Waals surface area contributed by atoms with Gasteiger partial charge in [-0.3, -0.25) is 13.9 Å². The Hall–Kier alpha value is -3.36. The van der Waals surface area contributed by atoms with Gasteiger partial charge in [-0.15, -0.1) is 0 Å². The van der Waals surface area contributed by atoms with Gasteiger partial charge in [0.05, 0.1) is 11.9 Å². The van der Waals surface area contributed by atoms with Gasteiger partial charge in [0.15, 0.2) is 0 Å². The molecule has 3 aromatic carbocycles. The highest BCUT2D eigenvalue weighted by Gasteiger charge is 2.34. The molecule has 0 aliphatic heterocycles. The number of hydrogen-bond donors (Lipinski definition) is 1. The molecule has 3 rings (SSSR count). The van der Waals surface area contributed by atoms with Gasteiger partial charge >= 0.3 is 0 Å². The molecule has 0 radical (unpaired) electrons. The van der Waals surface area contributed by atoms with Crippen LogP contribution in [0.3, 0.4) is 0 Å². The summed E-state index contributed by atoms with van der Waals surface area (Å²) in [6.45, 7) is 5.29. The maximum atomic E-state index is 14.0. The van der Waals surface area contributed by atoms with E-state index in [9.17, 15) is 18.0 Å². The smallest absolute Gasteiger partial charge is 0.244 e. The maximum Gasteiger partial charge on any atom is 0.244 e. The Morgan fingerprint density at radius 3 is 1.89 bits per heavy atom. The zero-order valence-electron chi connectivity index (χ0n) is 22.1. The summed E-state index contributed by atoms with van der Waals surface area (Å²) in [5, 5.41) is 3.45. The molecule has 202 valence electrons. The first-order chi connectivity index (χ1) is 17.8. The Morgan fingerprint density at radius 1 is 0.868 bits per heavy atom. The highest BCUT2D eigenvalue weighted by atomic mass is 35.5. The fraction of sp³-hybridized carbons (Fsp3) is 0.310. The first-order valence-corrected chi connectivity index (χ1v) is 14.5. The topological polar surface area (TPSA) is 86.8 Å². The number of carbonyl (C=O) groups is 2. The lowest BCUT2D eigenvalue weighted by atomic mass is 10.0. The molecule has 0 bridgehead atoms. The monoisotopic (exact) mass is 555 g/mol. The van der Waals surface area contributed by atoms with Crippen molar-refractivity contribution in [2.24, 2.45) is 0 Å². The molecule has 9 heteroatoms. The van der Waals surface area contributed by atoms with Crippen LogP contribution in [0.1, 0.15) is 31.9 Å². The van der Waals surface area contributed by atoms with E-state index in [0.717, 1.165) is 21.7 Å². The van der Waals surface area contributed by atoms with E-state index >= 15 is 0 Å². The van der Waals surface area contributed by atoms with E-state index in [1.54, 1.807) is 24.3 Å². The molecule has 0 saturated carbocycles. The highest BCUT2D eigenvalue weighted by molar-refractivity contribution is 7.92. The molecule has 0 unspecified atom stereocenters. The summed E-state index contributed by atoms with van der Waals surface area (Å²) >= 11 is 6.00. The molecule has 38 heavy (non-hydrogen) atoms. The summed E-state index contributed by atoms with van der Waals surface area (Å²) < 4.78 is 26.5. The number of hydrogen-bond acceptors (Lipinski definition) is 4. The number of amides is 2. The zero-order valence-corrected chi connectivity index (χ0v) is 23.7. The number of anilines is 1. The SMILES string of the molecule is CC(C)(C)NC(=O)[C@@H](Cc1ccccc1)N(Cc1ccccc1)C(=O)CN(c1ccc(Cl)cc1)S(C)(=O)=O. The third-order valence-electron chi connectivity index (χ3n) is 5.76. The van der Waals surface area contributed by atoms with E-state index in [1.165, 1.54) is 4.90 Å². The fourth-order valence-electron chi connectivity index (χ4n) is 4.01. The third-order valence-corrected chi connectivity index (χ3v) is 7.15. The van der Waals surface area contributed by atoms with Gasteiger partial charge in [-0.2, -0.15) is 0 Å². The first kappa shape index (κ1) is 29.2. The second-order valence-electron chi connectivity index (χ2n) is 10.2. The number of benzene rings is 3. The van der Waals surface area contributed by atoms with Crippen molar-refractivity contribution in [2.75, 3.05) is 17.1 Å². The summed E-state index contributed by atoms with van der Waals surface area (Å²) in [6.07, 6.45) is 1.31. The maximum absolute atomic E-state index is 14.0. The number of carbonyl (C=O) groups excluding carboxylic acids is 2. The third kappa shape index (κ3) is 8.60. The molecule has 1 N–H and O–H groups in total. The largest absolute Gasteiger partial charge is 0.350 e. The van der Waals surface area contributed by atoms with E-state index in [2.05, 4.69) is 5.32 Å². The van der Waals surface area contributed by atoms with Crippen LogP contribution in [-0.4, -0.2) is 49.5 Å². The lowest BCUT2D eigenvalue weighted by Crippen LogP contribution is -2.56. The zero-order chi connectivity index (χ0) is 27.9. The van der Waals surface area contributed by atoms with Crippen LogP contribution in [0.5, 0.6) is 0 Å². The van der Waals surface area contributed by atoms with Gasteiger partial charge < -0.3 is 10.2 Å². The van der Waals surface area contributed by atoms with Crippen molar-refractivity contribution in [3.05, 3.63) is 101 Å². The van der Waals surface area contributed by atoms with Crippen LogP contribution in [0, 0.1) is 0 Å². The average Bonchev–Trinajstić information content (AvgIpc) is 2.84. The number of halogens is 1. The summed E-state index contributed by atoms with van der Waals surface area (Å²) in [4.78, 5) is 29.1. The molecule has 0 heterocycles. The fourth-order valence-corrected chi connectivity index (χ4v) is 4.98. The van der Waals surface area contributed by atoms with Crippen molar-refractivity contribution in [3.63, 3.8) is 0 Å². The Bertz CT molecular complexity index is 1330. The number of rotatable bonds is 10. The minimum atomic E-state index is -3.82. The second-order valence-corrected chi connectivity index (χ2v) is 12.5. The lowest BCUT2D eigenvalue weighted by Gasteiger charge is -2.35. The van der Waals surface area contributed by atoms with Gasteiger partial charge in [0, 0.05) is 23.5 Å². The van der Waals surface area contributed by atoms with Crippen LogP contribution in [0.15, 0.2) is 84.9 Å². The van der Waals surface area contributed by atoms with Gasteiger partial charge in [-0.05, 0) is 56.2 Å². The van der Waals surface area contributed by atoms with Crippen molar-refractivity contribution < 1.29 is 18.0 Å². The Kier molecular flexibility index (Phi) is 9.57. The quantitative estimate of drug-likeness (QED) is 0.394. The van der Waals surface area contributed by atoms with Crippen LogP contribution in [0.2, 0.25) is 5.02 Å². The normalized spacial score (nSPS) is 12.4. The molecule has 0 spiro atoms. The molecular weight excluding hydrogens is 522 g/mol. The molecule has 0 aliphatic carbocycles. The molecule has 0 aromatic heterocycles. The second kappa shape index (κ2) is 12.5. The van der Waals surface area contributed by atoms with E-state index in [0.29, 0.717) is 10.7 Å². The summed E-state index contributed by atoms with van der Waals surface area (Å²) in [6, 6.07) is 24.1. The van der Waals surface area contributed by atoms with Crippen molar-refractivity contribution in [1.29, 1.82) is 0 Å². The van der Waals surface area contributed by atoms with Gasteiger partial charge in [-0.25, -0.2) is 8.42 Å². The van der Waals surface area contributed by atoms with Crippen LogP contribution in [0.25, 0.3) is 0 Å². The first-order valence-electron chi connectivity index (χ1n) is 12.3. The van der Waals surface area contributed by atoms with E-state index < -0.39 is 34.1 Å². The standard InChI is InChI=1S/C29H34ClN3O4S/c1-29(2,3)31-28(35)26(19-22-11-7-5-8-12-22)32(20-23-13-9-6-10-14-23)27(34)21-33(38(4,36)37)25-17-15-24(30)16-18-25/h5-18,26H,19-21H2,1-4H3,(H,31,35)/t26-/m1/s1. The van der Waals surface area contributed by atoms with Gasteiger partial charge in [0.1, 0.15) is 12.6 Å². The van der Waals surface area contributed by atoms with Gasteiger partial charge in [0.25, 0.3) is 0 Å². The molecule has 1 atom stereocenters. The molecule has 2 amide bonds. The van der Waals surface area contributed by atoms with E-state index in [4.69, 9.17) is 11.6 Å². The van der Waals surface area contributed by atoms with E-state index in [1.807, 2.05) is 81.4 Å². The Morgan fingerprint density at radius 2 is 1.39 bits per heavy atom. The van der Waals surface area contributed by atoms with Crippen LogP contribution >= 0.6 is 11.6 Å². The number of nitrogens with zero attached hydrogens (tertiary/aromatic N) is 2. The van der Waals surface area contributed by atoms with Crippen molar-refractivity contribution in [2.45, 2.75) is 45.3 Å². The minimum Gasteiger partial charge on any atom is -0.350 e. The van der Waals surface area contributed by atoms with E-state index in [-0.39, 0.29) is 18.9 Å². The van der Waals surface area contributed by atoms with Crippen LogP contribution in [-0.2, 0) is 32.6 Å². The molecular formula is C29H34ClN3O4S. The lowest BCUT2D eigenvalue weighted by molar-refractivity contribution is -0.140. The van der Waals surface area contributed by atoms with Crippen LogP contribution in [0.4, 0.5) is 5.69 Å². The van der Waals surface area contributed by atoms with Gasteiger partial charge in [0.2, 0.25) is 21.8 Å². The van der Waals surface area contributed by atoms with Crippen molar-refractivity contribution in [3.8, 4) is 0 Å². The summed E-state index contributed by atoms with van der Waals surface area (Å²) in [5.74, 6) is -0.817. The highest BCUT2D eigenvalue weighted by Crippen LogP contribution is 2.22. The molecule has 3 aromatic rings. The predicted molar refractivity (Wildman–Crippen MR) is 152 cm³/mol. The number of sulfonamides is 1. The Labute approximate surface area is 230 Å². The minimum absolute atomic E-state index is 0.132. The molecule has 0 fully saturated rings. The van der Waals surface area contributed by atoms with Gasteiger partial charge in [-0.1, -0.05) is 72.3 Å². The van der Waals surface area contributed by atoms with Crippen molar-refractivity contribution in [1.82, 2.24) is 10.2 Å². The molecule has 0 aliphatic rings. The summed E-state index contributed by atoms with van der Waals surface area (Å²) in [7, 11) is -3.82. The number of nitrogens with one attached hydrogen (secondary N) is 1. The average molecular weight is 556 g/mol. The Balaban J connectivity index is 2.04. The molecule has 0 saturated heterocycles. The predicted octanol–water partition coefficient (Wildman–Crippen LogP) is 4.66. The summed E-state index contributed by atoms with van der Waals surface area (Å²) in [5.41, 5.74) is 1.48. The van der Waals surface area contributed by atoms with Crippen molar-refractivity contribution >= 4 is 39.1 Å². The molecule has 7 nitrogen and oxygen atoms in total.